The second-order valence-corrected chi connectivity index (χ2v) is 8.23. The molecule has 0 aromatic carbocycles. The molecule has 3 atom stereocenters. The lowest BCUT2D eigenvalue weighted by Crippen LogP contribution is -2.43. The summed E-state index contributed by atoms with van der Waals surface area (Å²) >= 11 is 1.99. The monoisotopic (exact) mass is 280 g/mol. The smallest absolute Gasteiger partial charge is 0.156 e. The Morgan fingerprint density at radius 3 is 2.63 bits per heavy atom. The van der Waals surface area contributed by atoms with Gasteiger partial charge >= 0.3 is 0 Å². The number of thioether (sulfide) groups is 1. The lowest BCUT2D eigenvalue weighted by molar-refractivity contribution is 0.247. The summed E-state index contributed by atoms with van der Waals surface area (Å²) in [6.07, 6.45) is 9.76. The van der Waals surface area contributed by atoms with E-state index in [0.717, 1.165) is 18.4 Å². The molecule has 0 aromatic heterocycles. The fourth-order valence-corrected chi connectivity index (χ4v) is 5.32. The van der Waals surface area contributed by atoms with Gasteiger partial charge in [-0.3, -0.25) is 4.99 Å². The van der Waals surface area contributed by atoms with Crippen LogP contribution in [-0.4, -0.2) is 23.5 Å². The van der Waals surface area contributed by atoms with Crippen molar-refractivity contribution in [3.8, 4) is 0 Å². The Balaban J connectivity index is 1.55. The van der Waals surface area contributed by atoms with Gasteiger partial charge in [-0.1, -0.05) is 38.5 Å². The summed E-state index contributed by atoms with van der Waals surface area (Å²) in [5.74, 6) is 3.02. The third-order valence-electron chi connectivity index (χ3n) is 5.48. The standard InChI is InChI=1S/C16H28N2S/c1-12-5-6-14(13(2)9-12)18-15-17-10-16(11-19-15)7-3-4-8-16/h12-14H,3-11H2,1-2H3,(H,17,18). The van der Waals surface area contributed by atoms with E-state index in [4.69, 9.17) is 4.99 Å². The van der Waals surface area contributed by atoms with E-state index in [1.165, 1.54) is 55.9 Å². The summed E-state index contributed by atoms with van der Waals surface area (Å²) in [4.78, 5) is 4.88. The highest BCUT2D eigenvalue weighted by molar-refractivity contribution is 8.13. The average molecular weight is 280 g/mol. The lowest BCUT2D eigenvalue weighted by Gasteiger charge is -2.36. The van der Waals surface area contributed by atoms with Crippen molar-refractivity contribution in [2.75, 3.05) is 12.3 Å². The van der Waals surface area contributed by atoms with E-state index in [2.05, 4.69) is 19.2 Å². The minimum absolute atomic E-state index is 0.572. The number of aliphatic imine (C=N–C) groups is 1. The zero-order valence-corrected chi connectivity index (χ0v) is 13.3. The predicted octanol–water partition coefficient (Wildman–Crippen LogP) is 4.06. The fraction of sp³-hybridized carbons (Fsp3) is 0.938. The van der Waals surface area contributed by atoms with Crippen LogP contribution in [-0.2, 0) is 0 Å². The van der Waals surface area contributed by atoms with Gasteiger partial charge < -0.3 is 5.32 Å². The molecule has 1 spiro atoms. The molecule has 0 saturated heterocycles. The number of nitrogens with one attached hydrogen (secondary N) is 1. The molecule has 108 valence electrons. The summed E-state index contributed by atoms with van der Waals surface area (Å²) in [5, 5.41) is 4.99. The molecule has 3 aliphatic rings. The minimum Gasteiger partial charge on any atom is -0.362 e. The summed E-state index contributed by atoms with van der Waals surface area (Å²) in [7, 11) is 0. The van der Waals surface area contributed by atoms with Crippen LogP contribution in [0.4, 0.5) is 0 Å². The summed E-state index contributed by atoms with van der Waals surface area (Å²) < 4.78 is 0. The van der Waals surface area contributed by atoms with E-state index < -0.39 is 0 Å². The Morgan fingerprint density at radius 1 is 1.21 bits per heavy atom. The number of amidine groups is 1. The van der Waals surface area contributed by atoms with Crippen LogP contribution in [0.5, 0.6) is 0 Å². The van der Waals surface area contributed by atoms with Crippen LogP contribution in [0.15, 0.2) is 4.99 Å². The second kappa shape index (κ2) is 5.67. The van der Waals surface area contributed by atoms with Gasteiger partial charge in [-0.25, -0.2) is 0 Å². The molecule has 2 saturated carbocycles. The van der Waals surface area contributed by atoms with Gasteiger partial charge in [0.15, 0.2) is 5.17 Å². The van der Waals surface area contributed by atoms with Crippen LogP contribution < -0.4 is 5.32 Å². The van der Waals surface area contributed by atoms with Crippen molar-refractivity contribution in [2.24, 2.45) is 22.2 Å². The molecular weight excluding hydrogens is 252 g/mol. The first-order valence-corrected chi connectivity index (χ1v) is 9.09. The molecule has 0 aromatic rings. The van der Waals surface area contributed by atoms with Gasteiger partial charge in [-0.2, -0.15) is 0 Å². The van der Waals surface area contributed by atoms with Gasteiger partial charge in [0, 0.05) is 18.3 Å². The van der Waals surface area contributed by atoms with Crippen LogP contribution in [0, 0.1) is 17.3 Å². The maximum Gasteiger partial charge on any atom is 0.156 e. The van der Waals surface area contributed by atoms with E-state index in [0.29, 0.717) is 11.5 Å². The average Bonchev–Trinajstić information content (AvgIpc) is 2.84. The summed E-state index contributed by atoms with van der Waals surface area (Å²) in [5.41, 5.74) is 0.572. The van der Waals surface area contributed by atoms with Gasteiger partial charge in [-0.15, -0.1) is 0 Å². The molecule has 3 heteroatoms. The number of hydrogen-bond donors (Lipinski definition) is 1. The molecule has 1 heterocycles. The largest absolute Gasteiger partial charge is 0.362 e. The molecule has 1 aliphatic heterocycles. The number of hydrogen-bond acceptors (Lipinski definition) is 3. The molecule has 2 aliphatic carbocycles. The highest BCUT2D eigenvalue weighted by Crippen LogP contribution is 2.43. The molecule has 0 radical (unpaired) electrons. The first kappa shape index (κ1) is 13.8. The molecular formula is C16H28N2S. The van der Waals surface area contributed by atoms with E-state index in [9.17, 15) is 0 Å². The van der Waals surface area contributed by atoms with Crippen molar-refractivity contribution >= 4 is 16.9 Å². The third-order valence-corrected chi connectivity index (χ3v) is 6.75. The number of nitrogens with zero attached hydrogens (tertiary/aromatic N) is 1. The molecule has 3 rings (SSSR count). The SMILES string of the molecule is CC1CCC(NC2=NCC3(CCCC3)CS2)C(C)C1. The van der Waals surface area contributed by atoms with Crippen LogP contribution >= 0.6 is 11.8 Å². The van der Waals surface area contributed by atoms with Crippen LogP contribution in [0.25, 0.3) is 0 Å². The quantitative estimate of drug-likeness (QED) is 0.783. The second-order valence-electron chi connectivity index (χ2n) is 7.26. The van der Waals surface area contributed by atoms with Crippen LogP contribution in [0.1, 0.15) is 58.8 Å². The first-order chi connectivity index (χ1) is 9.17. The third kappa shape index (κ3) is 3.12. The Bertz CT molecular complexity index is 347. The van der Waals surface area contributed by atoms with Gasteiger partial charge in [0.2, 0.25) is 0 Å². The Morgan fingerprint density at radius 2 is 2.00 bits per heavy atom. The van der Waals surface area contributed by atoms with Crippen molar-refractivity contribution in [3.63, 3.8) is 0 Å². The van der Waals surface area contributed by atoms with E-state index in [1.807, 2.05) is 11.8 Å². The maximum atomic E-state index is 4.88. The topological polar surface area (TPSA) is 24.4 Å². The highest BCUT2D eigenvalue weighted by Gasteiger charge is 2.37. The zero-order valence-electron chi connectivity index (χ0n) is 12.5. The predicted molar refractivity (Wildman–Crippen MR) is 84.8 cm³/mol. The lowest BCUT2D eigenvalue weighted by atomic mass is 9.80. The van der Waals surface area contributed by atoms with Gasteiger partial charge in [0.25, 0.3) is 0 Å². The first-order valence-electron chi connectivity index (χ1n) is 8.11. The van der Waals surface area contributed by atoms with Crippen molar-refractivity contribution < 1.29 is 0 Å². The molecule has 0 amide bonds. The zero-order chi connectivity index (χ0) is 13.3. The molecule has 19 heavy (non-hydrogen) atoms. The Labute approximate surface area is 122 Å². The highest BCUT2D eigenvalue weighted by atomic mass is 32.2. The van der Waals surface area contributed by atoms with Crippen LogP contribution in [0.2, 0.25) is 0 Å². The molecule has 3 unspecified atom stereocenters. The normalized spacial score (nSPS) is 38.2. The van der Waals surface area contributed by atoms with Crippen molar-refractivity contribution in [3.05, 3.63) is 0 Å². The van der Waals surface area contributed by atoms with E-state index >= 15 is 0 Å². The van der Waals surface area contributed by atoms with E-state index in [-0.39, 0.29) is 0 Å². The molecule has 2 fully saturated rings. The van der Waals surface area contributed by atoms with Gasteiger partial charge in [0.05, 0.1) is 0 Å². The van der Waals surface area contributed by atoms with E-state index in [1.54, 1.807) is 0 Å². The van der Waals surface area contributed by atoms with Gasteiger partial charge in [-0.05, 0) is 49.4 Å². The summed E-state index contributed by atoms with van der Waals surface area (Å²) in [6, 6.07) is 0.667. The molecule has 1 N–H and O–H groups in total. The van der Waals surface area contributed by atoms with Crippen molar-refractivity contribution in [2.45, 2.75) is 64.8 Å². The van der Waals surface area contributed by atoms with Crippen LogP contribution in [0.3, 0.4) is 0 Å². The number of rotatable bonds is 1. The van der Waals surface area contributed by atoms with Gasteiger partial charge in [0.1, 0.15) is 0 Å². The summed E-state index contributed by atoms with van der Waals surface area (Å²) in [6.45, 7) is 5.88. The fourth-order valence-electron chi connectivity index (χ4n) is 4.11. The molecule has 2 nitrogen and oxygen atoms in total. The Kier molecular flexibility index (Phi) is 4.11. The Hall–Kier alpha value is -0.180. The molecule has 0 bridgehead atoms. The van der Waals surface area contributed by atoms with Crippen molar-refractivity contribution in [1.29, 1.82) is 0 Å². The minimum atomic E-state index is 0.572. The maximum absolute atomic E-state index is 4.88. The van der Waals surface area contributed by atoms with Crippen molar-refractivity contribution in [1.82, 2.24) is 5.32 Å².